The largest absolute Gasteiger partial charge is 0.489 e. The van der Waals surface area contributed by atoms with Gasteiger partial charge in [0.15, 0.2) is 0 Å². The predicted molar refractivity (Wildman–Crippen MR) is 97.0 cm³/mol. The maximum Gasteiger partial charge on any atom is 0.264 e. The van der Waals surface area contributed by atoms with Crippen LogP contribution in [0.1, 0.15) is 30.6 Å². The third-order valence-corrected chi connectivity index (χ3v) is 4.15. The summed E-state index contributed by atoms with van der Waals surface area (Å²) in [5.74, 6) is 0.807. The number of benzene rings is 2. The van der Waals surface area contributed by atoms with Gasteiger partial charge >= 0.3 is 0 Å². The van der Waals surface area contributed by atoms with Crippen molar-refractivity contribution in [2.24, 2.45) is 0 Å². The first kappa shape index (κ1) is 19.4. The van der Waals surface area contributed by atoms with Crippen LogP contribution in [-0.2, 0) is 25.6 Å². The third kappa shape index (κ3) is 7.69. The van der Waals surface area contributed by atoms with Crippen molar-refractivity contribution in [2.75, 3.05) is 19.5 Å². The Morgan fingerprint density at radius 2 is 1.64 bits per heavy atom. The predicted octanol–water partition coefficient (Wildman–Crippen LogP) is 3.71. The Morgan fingerprint density at radius 1 is 0.960 bits per heavy atom. The van der Waals surface area contributed by atoms with E-state index in [9.17, 15) is 8.42 Å². The lowest BCUT2D eigenvalue weighted by molar-refractivity contribution is 0.0576. The first-order chi connectivity index (χ1) is 11.9. The Bertz CT molecular complexity index is 726. The Kier molecular flexibility index (Phi) is 7.43. The van der Waals surface area contributed by atoms with Gasteiger partial charge in [0.1, 0.15) is 12.4 Å². The number of ether oxygens (including phenoxy) is 2. The molecule has 5 nitrogen and oxygen atoms in total. The molecule has 0 amide bonds. The minimum absolute atomic E-state index is 0.0820. The molecule has 0 spiro atoms. The zero-order valence-electron chi connectivity index (χ0n) is 14.6. The van der Waals surface area contributed by atoms with E-state index in [0.29, 0.717) is 19.6 Å². The van der Waals surface area contributed by atoms with Crippen molar-refractivity contribution >= 4 is 10.1 Å². The first-order valence-electron chi connectivity index (χ1n) is 8.17. The summed E-state index contributed by atoms with van der Waals surface area (Å²) in [5.41, 5.74) is 2.16. The molecule has 0 saturated heterocycles. The maximum absolute atomic E-state index is 10.9. The van der Waals surface area contributed by atoms with Crippen LogP contribution in [0.5, 0.6) is 5.75 Å². The smallest absolute Gasteiger partial charge is 0.264 e. The molecule has 0 aliphatic carbocycles. The standard InChI is InChI=1S/C19H24O5S/c1-16(22-13-6-14-24-25(2,20)21)18-9-11-19(12-10-18)23-15-17-7-4-3-5-8-17/h3-5,7-12,16H,6,13-15H2,1-2H3. The highest BCUT2D eigenvalue weighted by Crippen LogP contribution is 2.21. The molecule has 2 rings (SSSR count). The van der Waals surface area contributed by atoms with Gasteiger partial charge in [-0.25, -0.2) is 0 Å². The van der Waals surface area contributed by atoms with Gasteiger partial charge < -0.3 is 9.47 Å². The van der Waals surface area contributed by atoms with E-state index in [-0.39, 0.29) is 12.7 Å². The quantitative estimate of drug-likeness (QED) is 0.475. The molecule has 0 bridgehead atoms. The van der Waals surface area contributed by atoms with Crippen LogP contribution in [0.15, 0.2) is 54.6 Å². The Labute approximate surface area is 149 Å². The fraction of sp³-hybridized carbons (Fsp3) is 0.368. The molecule has 2 aromatic rings. The zero-order valence-corrected chi connectivity index (χ0v) is 15.4. The summed E-state index contributed by atoms with van der Waals surface area (Å²) in [6, 6.07) is 17.8. The van der Waals surface area contributed by atoms with Crippen molar-refractivity contribution in [2.45, 2.75) is 26.1 Å². The van der Waals surface area contributed by atoms with Gasteiger partial charge in [0, 0.05) is 6.61 Å². The number of hydrogen-bond acceptors (Lipinski definition) is 5. The van der Waals surface area contributed by atoms with Crippen molar-refractivity contribution < 1.29 is 22.1 Å². The Morgan fingerprint density at radius 3 is 2.28 bits per heavy atom. The van der Waals surface area contributed by atoms with Crippen LogP contribution in [0.4, 0.5) is 0 Å². The zero-order chi connectivity index (χ0) is 18.1. The van der Waals surface area contributed by atoms with Crippen LogP contribution in [0.3, 0.4) is 0 Å². The van der Waals surface area contributed by atoms with Crippen LogP contribution in [0, 0.1) is 0 Å². The molecule has 0 aromatic heterocycles. The van der Waals surface area contributed by atoms with Gasteiger partial charge in [0.2, 0.25) is 0 Å². The maximum atomic E-state index is 10.9. The summed E-state index contributed by atoms with van der Waals surface area (Å²) in [4.78, 5) is 0. The molecule has 6 heteroatoms. The molecule has 136 valence electrons. The summed E-state index contributed by atoms with van der Waals surface area (Å²) in [7, 11) is -3.38. The van der Waals surface area contributed by atoms with E-state index < -0.39 is 10.1 Å². The number of hydrogen-bond donors (Lipinski definition) is 0. The molecule has 2 aromatic carbocycles. The molecule has 0 aliphatic rings. The van der Waals surface area contributed by atoms with Gasteiger partial charge in [-0.1, -0.05) is 42.5 Å². The fourth-order valence-electron chi connectivity index (χ4n) is 2.20. The molecule has 0 saturated carbocycles. The van der Waals surface area contributed by atoms with Crippen LogP contribution in [0.25, 0.3) is 0 Å². The summed E-state index contributed by atoms with van der Waals surface area (Å²) < 4.78 is 37.8. The monoisotopic (exact) mass is 364 g/mol. The van der Waals surface area contributed by atoms with Gasteiger partial charge in [-0.3, -0.25) is 4.18 Å². The van der Waals surface area contributed by atoms with Gasteiger partial charge in [-0.05, 0) is 36.6 Å². The summed E-state index contributed by atoms with van der Waals surface area (Å²) in [6.07, 6.45) is 1.48. The highest BCUT2D eigenvalue weighted by atomic mass is 32.2. The van der Waals surface area contributed by atoms with Crippen molar-refractivity contribution in [3.63, 3.8) is 0 Å². The summed E-state index contributed by atoms with van der Waals surface area (Å²) >= 11 is 0. The molecular weight excluding hydrogens is 340 g/mol. The van der Waals surface area contributed by atoms with Crippen LogP contribution >= 0.6 is 0 Å². The molecule has 0 N–H and O–H groups in total. The Balaban J connectivity index is 1.73. The first-order valence-corrected chi connectivity index (χ1v) is 9.98. The highest BCUT2D eigenvalue weighted by Gasteiger charge is 2.07. The van der Waals surface area contributed by atoms with E-state index in [1.807, 2.05) is 61.5 Å². The topological polar surface area (TPSA) is 61.8 Å². The second-order valence-corrected chi connectivity index (χ2v) is 7.38. The van der Waals surface area contributed by atoms with Crippen LogP contribution in [-0.4, -0.2) is 27.9 Å². The van der Waals surface area contributed by atoms with Crippen LogP contribution < -0.4 is 4.74 Å². The van der Waals surface area contributed by atoms with Crippen molar-refractivity contribution in [3.8, 4) is 5.75 Å². The summed E-state index contributed by atoms with van der Waals surface area (Å²) in [6.45, 7) is 3.06. The van der Waals surface area contributed by atoms with E-state index >= 15 is 0 Å². The van der Waals surface area contributed by atoms with Crippen molar-refractivity contribution in [1.82, 2.24) is 0 Å². The molecule has 1 unspecified atom stereocenters. The lowest BCUT2D eigenvalue weighted by atomic mass is 10.1. The van der Waals surface area contributed by atoms with Gasteiger partial charge in [0.05, 0.1) is 19.0 Å². The minimum Gasteiger partial charge on any atom is -0.489 e. The molecule has 1 atom stereocenters. The summed E-state index contributed by atoms with van der Waals surface area (Å²) in [5, 5.41) is 0. The molecule has 0 radical (unpaired) electrons. The highest BCUT2D eigenvalue weighted by molar-refractivity contribution is 7.85. The van der Waals surface area contributed by atoms with E-state index in [1.54, 1.807) is 0 Å². The van der Waals surface area contributed by atoms with E-state index in [1.165, 1.54) is 0 Å². The second-order valence-electron chi connectivity index (χ2n) is 5.74. The molecule has 0 heterocycles. The average molecular weight is 364 g/mol. The van der Waals surface area contributed by atoms with E-state index in [0.717, 1.165) is 23.1 Å². The SMILES string of the molecule is CC(OCCCOS(C)(=O)=O)c1ccc(OCc2ccccc2)cc1. The van der Waals surface area contributed by atoms with Crippen molar-refractivity contribution in [1.29, 1.82) is 0 Å². The molecule has 0 fully saturated rings. The van der Waals surface area contributed by atoms with E-state index in [2.05, 4.69) is 4.18 Å². The number of rotatable bonds is 10. The second kappa shape index (κ2) is 9.56. The normalized spacial score (nSPS) is 12.7. The lowest BCUT2D eigenvalue weighted by Gasteiger charge is -2.14. The average Bonchev–Trinajstić information content (AvgIpc) is 2.60. The van der Waals surface area contributed by atoms with Crippen LogP contribution in [0.2, 0.25) is 0 Å². The van der Waals surface area contributed by atoms with Gasteiger partial charge in [0.25, 0.3) is 10.1 Å². The van der Waals surface area contributed by atoms with E-state index in [4.69, 9.17) is 9.47 Å². The molecule has 25 heavy (non-hydrogen) atoms. The molecular formula is C19H24O5S. The molecule has 0 aliphatic heterocycles. The Hall–Kier alpha value is -1.89. The third-order valence-electron chi connectivity index (χ3n) is 3.55. The van der Waals surface area contributed by atoms with Crippen molar-refractivity contribution in [3.05, 3.63) is 65.7 Å². The lowest BCUT2D eigenvalue weighted by Crippen LogP contribution is -2.08. The van der Waals surface area contributed by atoms with Gasteiger partial charge in [-0.2, -0.15) is 8.42 Å². The fourth-order valence-corrected chi connectivity index (χ4v) is 2.62. The van der Waals surface area contributed by atoms with Gasteiger partial charge in [-0.15, -0.1) is 0 Å². The minimum atomic E-state index is -3.38.